The second-order valence-corrected chi connectivity index (χ2v) is 4.05. The van der Waals surface area contributed by atoms with Crippen LogP contribution in [0.1, 0.15) is 32.1 Å². The summed E-state index contributed by atoms with van der Waals surface area (Å²) in [7, 11) is 0. The van der Waals surface area contributed by atoms with E-state index in [1.54, 1.807) is 0 Å². The molecular formula is C10H17F2NO2. The lowest BCUT2D eigenvalue weighted by molar-refractivity contribution is -0.137. The van der Waals surface area contributed by atoms with Gasteiger partial charge in [-0.1, -0.05) is 0 Å². The molecule has 0 atom stereocenters. The van der Waals surface area contributed by atoms with E-state index in [9.17, 15) is 13.6 Å². The molecule has 1 aliphatic heterocycles. The third-order valence-electron chi connectivity index (χ3n) is 2.68. The van der Waals surface area contributed by atoms with Crippen LogP contribution in [-0.2, 0) is 4.79 Å². The smallest absolute Gasteiger partial charge is 0.303 e. The van der Waals surface area contributed by atoms with Crippen LogP contribution in [0.3, 0.4) is 0 Å². The van der Waals surface area contributed by atoms with E-state index < -0.39 is 11.9 Å². The van der Waals surface area contributed by atoms with Crippen molar-refractivity contribution in [1.29, 1.82) is 0 Å². The molecule has 0 bridgehead atoms. The molecule has 1 rings (SSSR count). The Bertz CT molecular complexity index is 221. The average molecular weight is 221 g/mol. The molecule has 1 N–H and O–H groups in total. The molecule has 0 aromatic heterocycles. The number of halogens is 2. The minimum Gasteiger partial charge on any atom is -0.481 e. The number of carboxylic acids is 1. The van der Waals surface area contributed by atoms with Gasteiger partial charge >= 0.3 is 5.97 Å². The van der Waals surface area contributed by atoms with Gasteiger partial charge in [-0.3, -0.25) is 4.79 Å². The van der Waals surface area contributed by atoms with Crippen molar-refractivity contribution < 1.29 is 18.7 Å². The fraction of sp³-hybridized carbons (Fsp3) is 0.900. The van der Waals surface area contributed by atoms with Gasteiger partial charge in [-0.05, 0) is 25.9 Å². The average Bonchev–Trinajstić information content (AvgIpc) is 2.27. The van der Waals surface area contributed by atoms with Gasteiger partial charge in [-0.15, -0.1) is 0 Å². The standard InChI is InChI=1S/C10H17F2NO2/c11-10(12)4-2-7-13(8-5-10)6-1-3-9(14)15/h1-8H2,(H,14,15). The molecule has 0 unspecified atom stereocenters. The lowest BCUT2D eigenvalue weighted by Gasteiger charge is -2.19. The summed E-state index contributed by atoms with van der Waals surface area (Å²) in [6, 6.07) is 0. The molecule has 0 aromatic carbocycles. The van der Waals surface area contributed by atoms with E-state index in [-0.39, 0.29) is 19.3 Å². The number of carbonyl (C=O) groups is 1. The number of rotatable bonds is 4. The molecular weight excluding hydrogens is 204 g/mol. The van der Waals surface area contributed by atoms with Crippen LogP contribution in [0.25, 0.3) is 0 Å². The Hall–Kier alpha value is -0.710. The number of likely N-dealkylation sites (tertiary alicyclic amines) is 1. The molecule has 0 aliphatic carbocycles. The van der Waals surface area contributed by atoms with E-state index in [0.717, 1.165) is 0 Å². The van der Waals surface area contributed by atoms with E-state index in [1.165, 1.54) is 0 Å². The highest BCUT2D eigenvalue weighted by Gasteiger charge is 2.31. The van der Waals surface area contributed by atoms with Gasteiger partial charge in [0.05, 0.1) is 0 Å². The minimum atomic E-state index is -2.53. The number of carboxylic acid groups (broad SMARTS) is 1. The van der Waals surface area contributed by atoms with Crippen molar-refractivity contribution in [1.82, 2.24) is 4.90 Å². The van der Waals surface area contributed by atoms with E-state index >= 15 is 0 Å². The summed E-state index contributed by atoms with van der Waals surface area (Å²) in [6.07, 6.45) is 1.02. The molecule has 0 radical (unpaired) electrons. The minimum absolute atomic E-state index is 0.0393. The second kappa shape index (κ2) is 5.39. The van der Waals surface area contributed by atoms with Gasteiger partial charge in [0.2, 0.25) is 5.92 Å². The highest BCUT2D eigenvalue weighted by Crippen LogP contribution is 2.27. The van der Waals surface area contributed by atoms with Crippen molar-refractivity contribution in [3.05, 3.63) is 0 Å². The van der Waals surface area contributed by atoms with E-state index in [0.29, 0.717) is 32.5 Å². The van der Waals surface area contributed by atoms with Crippen LogP contribution < -0.4 is 0 Å². The Labute approximate surface area is 88.1 Å². The second-order valence-electron chi connectivity index (χ2n) is 4.05. The van der Waals surface area contributed by atoms with E-state index in [4.69, 9.17) is 5.11 Å². The predicted molar refractivity (Wildman–Crippen MR) is 52.1 cm³/mol. The monoisotopic (exact) mass is 221 g/mol. The van der Waals surface area contributed by atoms with Gasteiger partial charge in [0.15, 0.2) is 0 Å². The Balaban J connectivity index is 2.23. The van der Waals surface area contributed by atoms with Crippen molar-refractivity contribution in [2.24, 2.45) is 0 Å². The molecule has 1 saturated heterocycles. The Morgan fingerprint density at radius 1 is 1.33 bits per heavy atom. The number of aliphatic carboxylic acids is 1. The van der Waals surface area contributed by atoms with Gasteiger partial charge in [0.1, 0.15) is 0 Å². The zero-order valence-corrected chi connectivity index (χ0v) is 8.72. The van der Waals surface area contributed by atoms with Crippen molar-refractivity contribution in [3.8, 4) is 0 Å². The summed E-state index contributed by atoms with van der Waals surface area (Å²) in [6.45, 7) is 1.66. The van der Waals surface area contributed by atoms with Crippen LogP contribution in [0.4, 0.5) is 8.78 Å². The lowest BCUT2D eigenvalue weighted by atomic mass is 10.1. The SMILES string of the molecule is O=C(O)CCCN1CCCC(F)(F)CC1. The Morgan fingerprint density at radius 2 is 2.07 bits per heavy atom. The summed E-state index contributed by atoms with van der Waals surface area (Å²) in [5, 5.41) is 8.44. The molecule has 1 aliphatic rings. The zero-order valence-electron chi connectivity index (χ0n) is 8.72. The Kier molecular flexibility index (Phi) is 4.45. The molecule has 0 amide bonds. The first-order valence-electron chi connectivity index (χ1n) is 5.32. The maximum absolute atomic E-state index is 13.0. The molecule has 88 valence electrons. The maximum Gasteiger partial charge on any atom is 0.303 e. The highest BCUT2D eigenvalue weighted by atomic mass is 19.3. The van der Waals surface area contributed by atoms with Crippen LogP contribution >= 0.6 is 0 Å². The molecule has 0 saturated carbocycles. The van der Waals surface area contributed by atoms with Crippen LogP contribution in [-0.4, -0.2) is 41.5 Å². The van der Waals surface area contributed by atoms with Gasteiger partial charge in [-0.25, -0.2) is 8.78 Å². The molecule has 15 heavy (non-hydrogen) atoms. The number of hydrogen-bond acceptors (Lipinski definition) is 2. The Morgan fingerprint density at radius 3 is 2.73 bits per heavy atom. The number of hydrogen-bond donors (Lipinski definition) is 1. The largest absolute Gasteiger partial charge is 0.481 e. The van der Waals surface area contributed by atoms with Crippen molar-refractivity contribution in [2.45, 2.75) is 38.0 Å². The van der Waals surface area contributed by atoms with Crippen molar-refractivity contribution in [3.63, 3.8) is 0 Å². The molecule has 5 heteroatoms. The summed E-state index contributed by atoms with van der Waals surface area (Å²) >= 11 is 0. The quantitative estimate of drug-likeness (QED) is 0.789. The molecule has 1 heterocycles. The first-order valence-corrected chi connectivity index (χ1v) is 5.32. The number of alkyl halides is 2. The first-order chi connectivity index (χ1) is 6.99. The summed E-state index contributed by atoms with van der Waals surface area (Å²) < 4.78 is 25.9. The van der Waals surface area contributed by atoms with Crippen molar-refractivity contribution in [2.75, 3.05) is 19.6 Å². The third-order valence-corrected chi connectivity index (χ3v) is 2.68. The maximum atomic E-state index is 13.0. The summed E-state index contributed by atoms with van der Waals surface area (Å²) in [5.41, 5.74) is 0. The fourth-order valence-corrected chi connectivity index (χ4v) is 1.80. The lowest BCUT2D eigenvalue weighted by Crippen LogP contribution is -2.27. The van der Waals surface area contributed by atoms with E-state index in [2.05, 4.69) is 0 Å². The first kappa shape index (κ1) is 12.4. The van der Waals surface area contributed by atoms with Gasteiger partial charge < -0.3 is 10.0 Å². The van der Waals surface area contributed by atoms with Crippen LogP contribution in [0, 0.1) is 0 Å². The normalized spacial score (nSPS) is 22.3. The molecule has 3 nitrogen and oxygen atoms in total. The zero-order chi connectivity index (χ0) is 11.3. The summed E-state index contributed by atoms with van der Waals surface area (Å²) in [5.74, 6) is -3.35. The molecule has 0 spiro atoms. The van der Waals surface area contributed by atoms with Crippen LogP contribution in [0.2, 0.25) is 0 Å². The third kappa shape index (κ3) is 5.06. The van der Waals surface area contributed by atoms with Crippen LogP contribution in [0.15, 0.2) is 0 Å². The fourth-order valence-electron chi connectivity index (χ4n) is 1.80. The predicted octanol–water partition coefficient (Wildman–Crippen LogP) is 1.97. The number of nitrogens with zero attached hydrogens (tertiary/aromatic N) is 1. The molecule has 1 fully saturated rings. The van der Waals surface area contributed by atoms with Gasteiger partial charge in [0, 0.05) is 25.8 Å². The van der Waals surface area contributed by atoms with Gasteiger partial charge in [0.25, 0.3) is 0 Å². The van der Waals surface area contributed by atoms with E-state index in [1.807, 2.05) is 4.90 Å². The van der Waals surface area contributed by atoms with Gasteiger partial charge in [-0.2, -0.15) is 0 Å². The topological polar surface area (TPSA) is 40.5 Å². The van der Waals surface area contributed by atoms with Crippen molar-refractivity contribution >= 4 is 5.97 Å². The van der Waals surface area contributed by atoms with Crippen LogP contribution in [0.5, 0.6) is 0 Å². The highest BCUT2D eigenvalue weighted by molar-refractivity contribution is 5.66. The molecule has 0 aromatic rings. The summed E-state index contributed by atoms with van der Waals surface area (Å²) in [4.78, 5) is 12.2.